The molecule has 0 rings (SSSR count). The predicted molar refractivity (Wildman–Crippen MR) is 73.3 cm³/mol. The van der Waals surface area contributed by atoms with Gasteiger partial charge in [-0.3, -0.25) is 9.59 Å². The van der Waals surface area contributed by atoms with Gasteiger partial charge in [0.25, 0.3) is 0 Å². The van der Waals surface area contributed by atoms with Crippen LogP contribution in [0.15, 0.2) is 0 Å². The molecule has 0 heterocycles. The normalized spacial score (nSPS) is 13.2. The van der Waals surface area contributed by atoms with Gasteiger partial charge in [0.2, 0.25) is 0 Å². The molecule has 108 valence electrons. The second-order valence-electron chi connectivity index (χ2n) is 4.46. The Labute approximate surface area is 115 Å². The number of hydrogen-bond acceptors (Lipinski definition) is 4. The van der Waals surface area contributed by atoms with Crippen LogP contribution < -0.4 is 0 Å². The zero-order chi connectivity index (χ0) is 14.7. The second kappa shape index (κ2) is 10.4. The fraction of sp³-hybridized carbons (Fsp3) is 0.733. The third-order valence-corrected chi connectivity index (χ3v) is 2.67. The summed E-state index contributed by atoms with van der Waals surface area (Å²) >= 11 is 0. The van der Waals surface area contributed by atoms with Gasteiger partial charge in [0.1, 0.15) is 6.10 Å². The molecule has 0 amide bonds. The van der Waals surface area contributed by atoms with E-state index >= 15 is 0 Å². The highest BCUT2D eigenvalue weighted by Crippen LogP contribution is 2.09. The van der Waals surface area contributed by atoms with Crippen LogP contribution in [-0.4, -0.2) is 24.1 Å². The molecule has 0 saturated heterocycles. The Morgan fingerprint density at radius 2 is 1.74 bits per heavy atom. The van der Waals surface area contributed by atoms with Crippen LogP contribution >= 0.6 is 0 Å². The summed E-state index contributed by atoms with van der Waals surface area (Å²) in [4.78, 5) is 22.8. The van der Waals surface area contributed by atoms with Crippen LogP contribution in [0.25, 0.3) is 0 Å². The third kappa shape index (κ3) is 9.12. The van der Waals surface area contributed by atoms with Crippen LogP contribution in [0.4, 0.5) is 0 Å². The van der Waals surface area contributed by atoms with Gasteiger partial charge in [-0.2, -0.15) is 0 Å². The Bertz CT molecular complexity index is 317. The molecule has 0 aromatic rings. The number of rotatable bonds is 9. The van der Waals surface area contributed by atoms with E-state index in [9.17, 15) is 9.59 Å². The van der Waals surface area contributed by atoms with Gasteiger partial charge in [-0.1, -0.05) is 26.2 Å². The predicted octanol–water partition coefficient (Wildman–Crippen LogP) is 2.84. The first-order valence-corrected chi connectivity index (χ1v) is 6.88. The van der Waals surface area contributed by atoms with Gasteiger partial charge in [0, 0.05) is 12.8 Å². The summed E-state index contributed by atoms with van der Waals surface area (Å²) in [6.45, 7) is 5.67. The van der Waals surface area contributed by atoms with Crippen molar-refractivity contribution < 1.29 is 19.1 Å². The molecule has 2 atom stereocenters. The van der Waals surface area contributed by atoms with Crippen LogP contribution in [0.3, 0.4) is 0 Å². The molecule has 0 aliphatic rings. The van der Waals surface area contributed by atoms with E-state index in [2.05, 4.69) is 12.8 Å². The second-order valence-corrected chi connectivity index (χ2v) is 4.46. The molecule has 0 aromatic carbocycles. The summed E-state index contributed by atoms with van der Waals surface area (Å²) in [6, 6.07) is 0. The fourth-order valence-electron chi connectivity index (χ4n) is 1.58. The van der Waals surface area contributed by atoms with Gasteiger partial charge in [0.15, 0.2) is 6.10 Å². The standard InChI is InChI=1S/C15H24O4/c1-5-9-13(7-3)19-15(17)11-8-10-14(16)18-12(4)6-2/h2,12-13H,5,7-11H2,1,3-4H3. The summed E-state index contributed by atoms with van der Waals surface area (Å²) in [7, 11) is 0. The van der Waals surface area contributed by atoms with Crippen molar-refractivity contribution in [1.82, 2.24) is 0 Å². The number of terminal acetylenes is 1. The topological polar surface area (TPSA) is 52.6 Å². The molecule has 19 heavy (non-hydrogen) atoms. The lowest BCUT2D eigenvalue weighted by Gasteiger charge is -2.15. The molecule has 0 radical (unpaired) electrons. The van der Waals surface area contributed by atoms with Crippen molar-refractivity contribution in [3.05, 3.63) is 0 Å². The van der Waals surface area contributed by atoms with Crippen LogP contribution in [0.1, 0.15) is 59.3 Å². The number of carbonyl (C=O) groups excluding carboxylic acids is 2. The Morgan fingerprint density at radius 1 is 1.16 bits per heavy atom. The lowest BCUT2D eigenvalue weighted by Crippen LogP contribution is -2.18. The van der Waals surface area contributed by atoms with Crippen LogP contribution in [0.2, 0.25) is 0 Å². The van der Waals surface area contributed by atoms with E-state index in [-0.39, 0.29) is 30.9 Å². The maximum absolute atomic E-state index is 11.5. The summed E-state index contributed by atoms with van der Waals surface area (Å²) in [5, 5.41) is 0. The van der Waals surface area contributed by atoms with Crippen LogP contribution in [0.5, 0.6) is 0 Å². The number of esters is 2. The minimum atomic E-state index is -0.520. The van der Waals surface area contributed by atoms with Gasteiger partial charge < -0.3 is 9.47 Å². The van der Waals surface area contributed by atoms with Gasteiger partial charge in [0.05, 0.1) is 0 Å². The number of hydrogen-bond donors (Lipinski definition) is 0. The van der Waals surface area contributed by atoms with E-state index in [1.54, 1.807) is 6.92 Å². The zero-order valence-corrected chi connectivity index (χ0v) is 12.1. The highest BCUT2D eigenvalue weighted by Gasteiger charge is 2.13. The van der Waals surface area contributed by atoms with E-state index in [0.717, 1.165) is 19.3 Å². The maximum Gasteiger partial charge on any atom is 0.307 e. The van der Waals surface area contributed by atoms with Gasteiger partial charge in [-0.25, -0.2) is 0 Å². The summed E-state index contributed by atoms with van der Waals surface area (Å²) < 4.78 is 10.2. The molecule has 4 heteroatoms. The van der Waals surface area contributed by atoms with E-state index in [0.29, 0.717) is 6.42 Å². The first-order chi connectivity index (χ1) is 9.03. The molecule has 0 aromatic heterocycles. The molecule has 0 aliphatic heterocycles. The first-order valence-electron chi connectivity index (χ1n) is 6.88. The monoisotopic (exact) mass is 268 g/mol. The van der Waals surface area contributed by atoms with E-state index < -0.39 is 6.10 Å². The fourth-order valence-corrected chi connectivity index (χ4v) is 1.58. The third-order valence-electron chi connectivity index (χ3n) is 2.67. The van der Waals surface area contributed by atoms with E-state index in [1.165, 1.54) is 0 Å². The van der Waals surface area contributed by atoms with Crippen molar-refractivity contribution >= 4 is 11.9 Å². The molecule has 0 bridgehead atoms. The van der Waals surface area contributed by atoms with Crippen molar-refractivity contribution in [2.75, 3.05) is 0 Å². The summed E-state index contributed by atoms with van der Waals surface area (Å²) in [5.74, 6) is 1.68. The van der Waals surface area contributed by atoms with Crippen molar-refractivity contribution in [3.8, 4) is 12.3 Å². The molecule has 4 nitrogen and oxygen atoms in total. The minimum absolute atomic E-state index is 0.00841. The number of carbonyl (C=O) groups is 2. The molecule has 0 aliphatic carbocycles. The average molecular weight is 268 g/mol. The van der Waals surface area contributed by atoms with Crippen molar-refractivity contribution in [1.29, 1.82) is 0 Å². The van der Waals surface area contributed by atoms with Crippen LogP contribution in [0, 0.1) is 12.3 Å². The maximum atomic E-state index is 11.5. The molecule has 2 unspecified atom stereocenters. The molecule has 0 fully saturated rings. The summed E-state index contributed by atoms with van der Waals surface area (Å²) in [6.07, 6.45) is 8.10. The largest absolute Gasteiger partial charge is 0.462 e. The zero-order valence-electron chi connectivity index (χ0n) is 12.1. The lowest BCUT2D eigenvalue weighted by atomic mass is 10.1. The van der Waals surface area contributed by atoms with E-state index in [4.69, 9.17) is 15.9 Å². The van der Waals surface area contributed by atoms with Crippen molar-refractivity contribution in [2.24, 2.45) is 0 Å². The van der Waals surface area contributed by atoms with Gasteiger partial charge in [-0.15, -0.1) is 6.42 Å². The van der Waals surface area contributed by atoms with Crippen molar-refractivity contribution in [3.63, 3.8) is 0 Å². The van der Waals surface area contributed by atoms with Crippen molar-refractivity contribution in [2.45, 2.75) is 71.5 Å². The molecule has 0 spiro atoms. The molecule has 0 N–H and O–H groups in total. The Hall–Kier alpha value is -1.50. The quantitative estimate of drug-likeness (QED) is 0.476. The van der Waals surface area contributed by atoms with Gasteiger partial charge in [-0.05, 0) is 26.2 Å². The Balaban J connectivity index is 3.79. The molecular formula is C15H24O4. The molecule has 0 saturated carbocycles. The highest BCUT2D eigenvalue weighted by molar-refractivity contribution is 5.72. The summed E-state index contributed by atoms with van der Waals surface area (Å²) in [5.41, 5.74) is 0. The first kappa shape index (κ1) is 17.5. The lowest BCUT2D eigenvalue weighted by molar-refractivity contribution is -0.150. The van der Waals surface area contributed by atoms with E-state index in [1.807, 2.05) is 6.92 Å². The smallest absolute Gasteiger partial charge is 0.307 e. The SMILES string of the molecule is C#CC(C)OC(=O)CCCC(=O)OC(CC)CCC. The van der Waals surface area contributed by atoms with Gasteiger partial charge >= 0.3 is 11.9 Å². The highest BCUT2D eigenvalue weighted by atomic mass is 16.5. The van der Waals surface area contributed by atoms with Crippen LogP contribution in [-0.2, 0) is 19.1 Å². The average Bonchev–Trinajstić information content (AvgIpc) is 2.37. The number of ether oxygens (including phenoxy) is 2. The molecular weight excluding hydrogens is 244 g/mol. The Kier molecular flexibility index (Phi) is 9.60. The minimum Gasteiger partial charge on any atom is -0.462 e. The Morgan fingerprint density at radius 3 is 2.21 bits per heavy atom.